The van der Waals surface area contributed by atoms with Crippen LogP contribution in [0.15, 0.2) is 0 Å². The first-order chi connectivity index (χ1) is 12.1. The van der Waals surface area contributed by atoms with Gasteiger partial charge in [0.05, 0.1) is 17.9 Å². The van der Waals surface area contributed by atoms with E-state index < -0.39 is 36.0 Å². The minimum Gasteiger partial charge on any atom is -0.438 e. The fourth-order valence-corrected chi connectivity index (χ4v) is 2.65. The number of carbonyl (C=O) groups is 2. The van der Waals surface area contributed by atoms with Crippen LogP contribution in [0, 0.1) is 11.8 Å². The maximum atomic E-state index is 12.4. The van der Waals surface area contributed by atoms with E-state index in [2.05, 4.69) is 0 Å². The van der Waals surface area contributed by atoms with Gasteiger partial charge in [0.25, 0.3) is 0 Å². The summed E-state index contributed by atoms with van der Waals surface area (Å²) in [5.74, 6) is -3.00. The second-order valence-electron chi connectivity index (χ2n) is 5.26. The van der Waals surface area contributed by atoms with Gasteiger partial charge in [0, 0.05) is 28.4 Å². The summed E-state index contributed by atoms with van der Waals surface area (Å²) in [6.45, 7) is -0.555. The Morgan fingerprint density at radius 3 is 1.84 bits per heavy atom. The average Bonchev–Trinajstić information content (AvgIpc) is 2.99. The lowest BCUT2D eigenvalue weighted by Crippen LogP contribution is -2.39. The topological polar surface area (TPSA) is 108 Å². The largest absolute Gasteiger partial charge is 0.438 e. The van der Waals surface area contributed by atoms with Crippen LogP contribution >= 0.6 is 0 Å². The molecule has 1 rings (SSSR count). The maximum absolute atomic E-state index is 12.4. The molecule has 10 heteroatoms. The highest BCUT2D eigenvalue weighted by Crippen LogP contribution is 2.38. The van der Waals surface area contributed by atoms with E-state index in [1.54, 1.807) is 0 Å². The van der Waals surface area contributed by atoms with Gasteiger partial charge in [-0.15, -0.1) is 0 Å². The maximum Gasteiger partial charge on any atom is 0.314 e. The van der Waals surface area contributed by atoms with Crippen LogP contribution in [0.3, 0.4) is 0 Å². The summed E-state index contributed by atoms with van der Waals surface area (Å²) in [5, 5.41) is 0. The first-order valence-electron chi connectivity index (χ1n) is 7.62. The fraction of sp³-hybridized carbons (Fsp3) is 0.867. The predicted octanol–water partition coefficient (Wildman–Crippen LogP) is -0.105. The third-order valence-electron chi connectivity index (χ3n) is 3.63. The van der Waals surface area contributed by atoms with Crippen LogP contribution in [0.25, 0.3) is 0 Å². The molecule has 1 aliphatic rings. The molecule has 0 aliphatic heterocycles. The van der Waals surface area contributed by atoms with Crippen molar-refractivity contribution in [2.45, 2.75) is 18.6 Å². The monoisotopic (exact) mass is 366 g/mol. The van der Waals surface area contributed by atoms with E-state index in [0.717, 1.165) is 0 Å². The van der Waals surface area contributed by atoms with Crippen molar-refractivity contribution < 1.29 is 47.5 Å². The Balaban J connectivity index is 2.96. The van der Waals surface area contributed by atoms with E-state index in [0.29, 0.717) is 0 Å². The van der Waals surface area contributed by atoms with Gasteiger partial charge in [0.15, 0.2) is 13.6 Å². The third-order valence-corrected chi connectivity index (χ3v) is 3.63. The van der Waals surface area contributed by atoms with E-state index >= 15 is 0 Å². The van der Waals surface area contributed by atoms with Crippen molar-refractivity contribution in [2.24, 2.45) is 11.8 Å². The molecule has 4 atom stereocenters. The highest BCUT2D eigenvalue weighted by Gasteiger charge is 2.53. The first kappa shape index (κ1) is 21.7. The Labute approximate surface area is 146 Å². The molecule has 0 bridgehead atoms. The van der Waals surface area contributed by atoms with Crippen molar-refractivity contribution in [3.63, 3.8) is 0 Å². The molecule has 1 saturated carbocycles. The lowest BCUT2D eigenvalue weighted by Gasteiger charge is -2.24. The van der Waals surface area contributed by atoms with Gasteiger partial charge in [0.1, 0.15) is 19.7 Å². The quantitative estimate of drug-likeness (QED) is 0.343. The minimum atomic E-state index is -0.934. The zero-order valence-corrected chi connectivity index (χ0v) is 14.9. The van der Waals surface area contributed by atoms with Gasteiger partial charge < -0.3 is 37.9 Å². The summed E-state index contributed by atoms with van der Waals surface area (Å²) < 4.78 is 40.4. The smallest absolute Gasteiger partial charge is 0.314 e. The number of ether oxygens (including phenoxy) is 8. The van der Waals surface area contributed by atoms with Crippen LogP contribution in [0.4, 0.5) is 0 Å². The fourth-order valence-electron chi connectivity index (χ4n) is 2.65. The van der Waals surface area contributed by atoms with Gasteiger partial charge in [-0.3, -0.25) is 9.59 Å². The lowest BCUT2D eigenvalue weighted by atomic mass is 9.95. The molecule has 0 saturated heterocycles. The molecule has 0 aromatic carbocycles. The van der Waals surface area contributed by atoms with Gasteiger partial charge in [-0.2, -0.15) is 0 Å². The van der Waals surface area contributed by atoms with Gasteiger partial charge in [0.2, 0.25) is 0 Å². The van der Waals surface area contributed by atoms with Crippen LogP contribution in [0.5, 0.6) is 0 Å². The summed E-state index contributed by atoms with van der Waals surface area (Å²) in [7, 11) is 5.69. The lowest BCUT2D eigenvalue weighted by molar-refractivity contribution is -0.184. The second kappa shape index (κ2) is 12.1. The van der Waals surface area contributed by atoms with Crippen LogP contribution in [-0.2, 0) is 47.5 Å². The van der Waals surface area contributed by atoms with E-state index in [4.69, 9.17) is 37.9 Å². The molecule has 0 heterocycles. The number of hydrogen-bond donors (Lipinski definition) is 0. The van der Waals surface area contributed by atoms with Crippen molar-refractivity contribution in [3.05, 3.63) is 0 Å². The molecule has 146 valence electrons. The molecular weight excluding hydrogens is 340 g/mol. The minimum absolute atomic E-state index is 0.0167. The molecule has 1 fully saturated rings. The molecule has 0 amide bonds. The normalized spacial score (nSPS) is 25.8. The highest BCUT2D eigenvalue weighted by molar-refractivity contribution is 5.83. The van der Waals surface area contributed by atoms with E-state index in [1.165, 1.54) is 28.4 Å². The molecule has 1 aliphatic carbocycles. The van der Waals surface area contributed by atoms with Crippen molar-refractivity contribution in [1.82, 2.24) is 0 Å². The number of hydrogen-bond acceptors (Lipinski definition) is 10. The molecule has 25 heavy (non-hydrogen) atoms. The van der Waals surface area contributed by atoms with Crippen LogP contribution < -0.4 is 0 Å². The van der Waals surface area contributed by atoms with Crippen molar-refractivity contribution >= 4 is 11.9 Å². The molecule has 0 spiro atoms. The standard InChI is InChI=1S/C15H26O10/c1-18-6-22-11-5-10(14(16)24-8-20-3)12(13(11)23-7-19-2)15(17)25-9-21-4/h10-13H,5-9H2,1-4H3. The summed E-state index contributed by atoms with van der Waals surface area (Å²) in [4.78, 5) is 24.8. The van der Waals surface area contributed by atoms with Crippen molar-refractivity contribution in [2.75, 3.05) is 55.6 Å². The molecule has 10 nitrogen and oxygen atoms in total. The molecule has 0 N–H and O–H groups in total. The average molecular weight is 366 g/mol. The Hall–Kier alpha value is -1.30. The zero-order valence-electron chi connectivity index (χ0n) is 14.9. The second-order valence-corrected chi connectivity index (χ2v) is 5.26. The van der Waals surface area contributed by atoms with Crippen LogP contribution in [0.1, 0.15) is 6.42 Å². The first-order valence-corrected chi connectivity index (χ1v) is 7.62. The number of methoxy groups -OCH3 is 4. The molecule has 4 unspecified atom stereocenters. The summed E-state index contributed by atoms with van der Waals surface area (Å²) >= 11 is 0. The molecule has 0 radical (unpaired) electrons. The summed E-state index contributed by atoms with van der Waals surface area (Å²) in [6, 6.07) is 0. The molecular formula is C15H26O10. The van der Waals surface area contributed by atoms with Gasteiger partial charge in [-0.05, 0) is 6.42 Å². The van der Waals surface area contributed by atoms with Crippen LogP contribution in [-0.4, -0.2) is 79.8 Å². The van der Waals surface area contributed by atoms with Crippen molar-refractivity contribution in [3.8, 4) is 0 Å². The van der Waals surface area contributed by atoms with E-state index in [1.807, 2.05) is 0 Å². The van der Waals surface area contributed by atoms with E-state index in [-0.39, 0.29) is 33.6 Å². The molecule has 0 aromatic heterocycles. The van der Waals surface area contributed by atoms with Crippen LogP contribution in [0.2, 0.25) is 0 Å². The van der Waals surface area contributed by atoms with Gasteiger partial charge >= 0.3 is 11.9 Å². The number of rotatable bonds is 12. The van der Waals surface area contributed by atoms with Gasteiger partial charge in [-0.1, -0.05) is 0 Å². The molecule has 0 aromatic rings. The predicted molar refractivity (Wildman–Crippen MR) is 81.0 cm³/mol. The van der Waals surface area contributed by atoms with Crippen molar-refractivity contribution in [1.29, 1.82) is 0 Å². The Morgan fingerprint density at radius 2 is 1.28 bits per heavy atom. The Kier molecular flexibility index (Phi) is 10.5. The highest BCUT2D eigenvalue weighted by atomic mass is 16.7. The van der Waals surface area contributed by atoms with E-state index in [9.17, 15) is 9.59 Å². The van der Waals surface area contributed by atoms with Gasteiger partial charge in [-0.25, -0.2) is 0 Å². The third kappa shape index (κ3) is 6.49. The Bertz CT molecular complexity index is 402. The zero-order chi connectivity index (χ0) is 18.7. The number of carbonyl (C=O) groups excluding carboxylic acids is 2. The summed E-state index contributed by atoms with van der Waals surface area (Å²) in [6.07, 6.45) is -1.14. The summed E-state index contributed by atoms with van der Waals surface area (Å²) in [5.41, 5.74) is 0. The Morgan fingerprint density at radius 1 is 0.760 bits per heavy atom. The SMILES string of the molecule is COCOC(=O)C1CC(OCOC)C(OCOC)C1C(=O)OCOC. The number of esters is 2.